The molecule has 0 radical (unpaired) electrons. The van der Waals surface area contributed by atoms with E-state index in [0.717, 1.165) is 24.8 Å². The number of carbonyl (C=O) groups excluding carboxylic acids is 2. The summed E-state index contributed by atoms with van der Waals surface area (Å²) in [6.07, 6.45) is 4.58. The molecule has 2 amide bonds. The van der Waals surface area contributed by atoms with E-state index in [0.29, 0.717) is 24.1 Å². The van der Waals surface area contributed by atoms with Crippen LogP contribution in [0, 0.1) is 6.92 Å². The SMILES string of the molecule is Cc1cc(NC(=O)CC2(O)CCCCC2)ccc1C(=O)NC(C)C. The molecule has 1 aliphatic rings. The molecule has 1 aromatic carbocycles. The molecule has 1 aromatic rings. The van der Waals surface area contributed by atoms with Crippen molar-refractivity contribution in [2.45, 2.75) is 70.9 Å². The molecule has 1 fully saturated rings. The summed E-state index contributed by atoms with van der Waals surface area (Å²) in [6.45, 7) is 5.68. The smallest absolute Gasteiger partial charge is 0.251 e. The number of aliphatic hydroxyl groups is 1. The highest BCUT2D eigenvalue weighted by atomic mass is 16.3. The molecular weight excluding hydrogens is 304 g/mol. The van der Waals surface area contributed by atoms with Gasteiger partial charge in [0.1, 0.15) is 0 Å². The molecule has 0 heterocycles. The van der Waals surface area contributed by atoms with Crippen molar-refractivity contribution in [3.8, 4) is 0 Å². The van der Waals surface area contributed by atoms with Crippen LogP contribution in [0.1, 0.15) is 68.3 Å². The zero-order valence-corrected chi connectivity index (χ0v) is 14.8. The van der Waals surface area contributed by atoms with Gasteiger partial charge in [0.05, 0.1) is 12.0 Å². The lowest BCUT2D eigenvalue weighted by Crippen LogP contribution is -2.35. The summed E-state index contributed by atoms with van der Waals surface area (Å²) in [5, 5.41) is 16.2. The van der Waals surface area contributed by atoms with Crippen molar-refractivity contribution in [1.29, 1.82) is 0 Å². The van der Waals surface area contributed by atoms with Gasteiger partial charge in [-0.25, -0.2) is 0 Å². The molecule has 0 saturated heterocycles. The van der Waals surface area contributed by atoms with Gasteiger partial charge in [0.25, 0.3) is 5.91 Å². The predicted molar refractivity (Wildman–Crippen MR) is 95.1 cm³/mol. The van der Waals surface area contributed by atoms with Crippen LogP contribution in [0.5, 0.6) is 0 Å². The van der Waals surface area contributed by atoms with E-state index < -0.39 is 5.60 Å². The van der Waals surface area contributed by atoms with Crippen molar-refractivity contribution in [3.05, 3.63) is 29.3 Å². The number of carbonyl (C=O) groups is 2. The van der Waals surface area contributed by atoms with Gasteiger partial charge in [0, 0.05) is 17.3 Å². The van der Waals surface area contributed by atoms with E-state index in [1.54, 1.807) is 18.2 Å². The van der Waals surface area contributed by atoms with Crippen molar-refractivity contribution in [3.63, 3.8) is 0 Å². The quantitative estimate of drug-likeness (QED) is 0.775. The zero-order chi connectivity index (χ0) is 17.7. The zero-order valence-electron chi connectivity index (χ0n) is 14.8. The standard InChI is InChI=1S/C19H28N2O3/c1-13(2)20-18(23)16-8-7-15(11-14(16)3)21-17(22)12-19(24)9-5-4-6-10-19/h7-8,11,13,24H,4-6,9-10,12H2,1-3H3,(H,20,23)(H,21,22). The van der Waals surface area contributed by atoms with Crippen molar-refractivity contribution in [2.24, 2.45) is 0 Å². The summed E-state index contributed by atoms with van der Waals surface area (Å²) in [4.78, 5) is 24.3. The van der Waals surface area contributed by atoms with Gasteiger partial charge in [0.2, 0.25) is 5.91 Å². The Labute approximate surface area is 143 Å². The van der Waals surface area contributed by atoms with Gasteiger partial charge >= 0.3 is 0 Å². The minimum Gasteiger partial charge on any atom is -0.389 e. The van der Waals surface area contributed by atoms with Gasteiger partial charge in [-0.3, -0.25) is 9.59 Å². The number of nitrogens with one attached hydrogen (secondary N) is 2. The van der Waals surface area contributed by atoms with Crippen molar-refractivity contribution in [1.82, 2.24) is 5.32 Å². The van der Waals surface area contributed by atoms with Crippen LogP contribution in [0.15, 0.2) is 18.2 Å². The number of hydrogen-bond donors (Lipinski definition) is 3. The fourth-order valence-electron chi connectivity index (χ4n) is 3.23. The van der Waals surface area contributed by atoms with Crippen molar-refractivity contribution in [2.75, 3.05) is 5.32 Å². The Morgan fingerprint density at radius 1 is 1.21 bits per heavy atom. The predicted octanol–water partition coefficient (Wildman–Crippen LogP) is 3.16. The highest BCUT2D eigenvalue weighted by Crippen LogP contribution is 2.31. The van der Waals surface area contributed by atoms with E-state index in [1.807, 2.05) is 20.8 Å². The average Bonchev–Trinajstić information content (AvgIpc) is 2.46. The van der Waals surface area contributed by atoms with Crippen LogP contribution in [0.2, 0.25) is 0 Å². The first kappa shape index (κ1) is 18.5. The second-order valence-electron chi connectivity index (χ2n) is 7.17. The van der Waals surface area contributed by atoms with Crippen molar-refractivity contribution >= 4 is 17.5 Å². The Kier molecular flexibility index (Phi) is 5.99. The Balaban J connectivity index is 1.98. The van der Waals surface area contributed by atoms with Gasteiger partial charge in [-0.2, -0.15) is 0 Å². The van der Waals surface area contributed by atoms with Gasteiger partial charge in [-0.1, -0.05) is 19.3 Å². The molecule has 0 aliphatic heterocycles. The van der Waals surface area contributed by atoms with E-state index in [1.165, 1.54) is 0 Å². The largest absolute Gasteiger partial charge is 0.389 e. The Morgan fingerprint density at radius 2 is 1.88 bits per heavy atom. The fourth-order valence-corrected chi connectivity index (χ4v) is 3.23. The summed E-state index contributed by atoms with van der Waals surface area (Å²) in [5.74, 6) is -0.296. The number of hydrogen-bond acceptors (Lipinski definition) is 3. The summed E-state index contributed by atoms with van der Waals surface area (Å²) in [6, 6.07) is 5.31. The van der Waals surface area contributed by atoms with E-state index in [4.69, 9.17) is 0 Å². The highest BCUT2D eigenvalue weighted by molar-refractivity contribution is 5.97. The Morgan fingerprint density at radius 3 is 2.46 bits per heavy atom. The van der Waals surface area contributed by atoms with Gasteiger partial charge in [-0.15, -0.1) is 0 Å². The molecule has 3 N–H and O–H groups in total. The normalized spacial score (nSPS) is 16.7. The number of benzene rings is 1. The molecule has 0 aromatic heterocycles. The van der Waals surface area contributed by atoms with Gasteiger partial charge < -0.3 is 15.7 Å². The molecule has 132 valence electrons. The van der Waals surface area contributed by atoms with Gasteiger partial charge in [-0.05, 0) is 57.4 Å². The molecule has 1 saturated carbocycles. The molecule has 0 unspecified atom stereocenters. The number of amides is 2. The van der Waals surface area contributed by atoms with Crippen LogP contribution in [0.25, 0.3) is 0 Å². The third-order valence-electron chi connectivity index (χ3n) is 4.45. The number of anilines is 1. The molecule has 0 spiro atoms. The third-order valence-corrected chi connectivity index (χ3v) is 4.45. The van der Waals surface area contributed by atoms with Crippen LogP contribution in [0.3, 0.4) is 0 Å². The summed E-state index contributed by atoms with van der Waals surface area (Å²) in [7, 11) is 0. The molecule has 5 nitrogen and oxygen atoms in total. The molecule has 1 aliphatic carbocycles. The second kappa shape index (κ2) is 7.79. The Hall–Kier alpha value is -1.88. The average molecular weight is 332 g/mol. The number of aryl methyl sites for hydroxylation is 1. The minimum absolute atomic E-state index is 0.0764. The summed E-state index contributed by atoms with van der Waals surface area (Å²) in [5.41, 5.74) is 1.20. The van der Waals surface area contributed by atoms with Crippen LogP contribution in [-0.2, 0) is 4.79 Å². The monoisotopic (exact) mass is 332 g/mol. The maximum atomic E-state index is 12.2. The summed E-state index contributed by atoms with van der Waals surface area (Å²) < 4.78 is 0. The molecule has 24 heavy (non-hydrogen) atoms. The second-order valence-corrected chi connectivity index (χ2v) is 7.17. The number of rotatable bonds is 5. The van der Waals surface area contributed by atoms with Crippen LogP contribution < -0.4 is 10.6 Å². The van der Waals surface area contributed by atoms with E-state index >= 15 is 0 Å². The van der Waals surface area contributed by atoms with E-state index in [9.17, 15) is 14.7 Å². The fraction of sp³-hybridized carbons (Fsp3) is 0.579. The van der Waals surface area contributed by atoms with Gasteiger partial charge in [0.15, 0.2) is 0 Å². The molecule has 2 rings (SSSR count). The minimum atomic E-state index is -0.867. The first-order valence-electron chi connectivity index (χ1n) is 8.73. The first-order valence-corrected chi connectivity index (χ1v) is 8.73. The van der Waals surface area contributed by atoms with E-state index in [-0.39, 0.29) is 24.3 Å². The first-order chi connectivity index (χ1) is 11.3. The highest BCUT2D eigenvalue weighted by Gasteiger charge is 2.31. The van der Waals surface area contributed by atoms with Crippen LogP contribution in [-0.4, -0.2) is 28.6 Å². The van der Waals surface area contributed by atoms with E-state index in [2.05, 4.69) is 10.6 Å². The lowest BCUT2D eigenvalue weighted by atomic mass is 9.82. The molecule has 0 bridgehead atoms. The van der Waals surface area contributed by atoms with Crippen molar-refractivity contribution < 1.29 is 14.7 Å². The molecular formula is C19H28N2O3. The maximum absolute atomic E-state index is 12.2. The lowest BCUT2D eigenvalue weighted by Gasteiger charge is -2.31. The van der Waals surface area contributed by atoms with Crippen LogP contribution >= 0.6 is 0 Å². The summed E-state index contributed by atoms with van der Waals surface area (Å²) >= 11 is 0. The lowest BCUT2D eigenvalue weighted by molar-refractivity contribution is -0.122. The maximum Gasteiger partial charge on any atom is 0.251 e. The van der Waals surface area contributed by atoms with Crippen LogP contribution in [0.4, 0.5) is 5.69 Å². The molecule has 5 heteroatoms. The molecule has 0 atom stereocenters. The third kappa shape index (κ3) is 5.06. The topological polar surface area (TPSA) is 78.4 Å². The Bertz CT molecular complexity index is 605.